The number of carbonyl (C=O) groups excluding carboxylic acids is 1. The number of Topliss-reactive ketones (excluding diaryl/α,β-unsaturated/α-hetero) is 1. The van der Waals surface area contributed by atoms with Gasteiger partial charge in [-0.3, -0.25) is 4.79 Å². The lowest BCUT2D eigenvalue weighted by Gasteiger charge is -2.34. The van der Waals surface area contributed by atoms with Crippen LogP contribution in [0.3, 0.4) is 0 Å². The van der Waals surface area contributed by atoms with E-state index in [-0.39, 0.29) is 17.6 Å². The first-order valence-corrected chi connectivity index (χ1v) is 9.56. The van der Waals surface area contributed by atoms with Crippen LogP contribution >= 0.6 is 0 Å². The number of carbonyl (C=O) groups is 1. The Bertz CT molecular complexity index is 1060. The smallest absolute Gasteiger partial charge is 0.205 e. The van der Waals surface area contributed by atoms with Crippen molar-refractivity contribution in [1.82, 2.24) is 0 Å². The molecule has 1 heterocycles. The summed E-state index contributed by atoms with van der Waals surface area (Å²) in [6, 6.07) is 17.7. The molecule has 5 nitrogen and oxygen atoms in total. The molecule has 2 aromatic carbocycles. The fraction of sp³-hybridized carbons (Fsp3) is 0.250. The highest BCUT2D eigenvalue weighted by Crippen LogP contribution is 2.46. The number of aryl methyl sites for hydroxylation is 1. The van der Waals surface area contributed by atoms with Gasteiger partial charge in [-0.25, -0.2) is 0 Å². The fourth-order valence-electron chi connectivity index (χ4n) is 4.11. The Hall–Kier alpha value is -3.52. The van der Waals surface area contributed by atoms with E-state index >= 15 is 0 Å². The van der Waals surface area contributed by atoms with Gasteiger partial charge in [-0.05, 0) is 36.1 Å². The minimum Gasteiger partial charge on any atom is -0.497 e. The highest BCUT2D eigenvalue weighted by atomic mass is 16.5. The van der Waals surface area contributed by atoms with Gasteiger partial charge in [0.1, 0.15) is 23.2 Å². The molecule has 2 unspecified atom stereocenters. The molecule has 4 rings (SSSR count). The van der Waals surface area contributed by atoms with Crippen molar-refractivity contribution in [2.45, 2.75) is 31.6 Å². The number of benzene rings is 2. The molecule has 0 radical (unpaired) electrons. The summed E-state index contributed by atoms with van der Waals surface area (Å²) in [7, 11) is 1.62. The van der Waals surface area contributed by atoms with E-state index in [9.17, 15) is 10.1 Å². The lowest BCUT2D eigenvalue weighted by Crippen LogP contribution is -2.29. The molecule has 2 atom stereocenters. The predicted octanol–water partition coefficient (Wildman–Crippen LogP) is 4.21. The predicted molar refractivity (Wildman–Crippen MR) is 109 cm³/mol. The van der Waals surface area contributed by atoms with E-state index in [1.165, 1.54) is 0 Å². The molecule has 1 aliphatic heterocycles. The number of hydrogen-bond acceptors (Lipinski definition) is 5. The zero-order chi connectivity index (χ0) is 20.5. The Balaban J connectivity index is 1.74. The van der Waals surface area contributed by atoms with Crippen LogP contribution < -0.4 is 10.5 Å². The van der Waals surface area contributed by atoms with Crippen molar-refractivity contribution in [3.63, 3.8) is 0 Å². The van der Waals surface area contributed by atoms with Crippen molar-refractivity contribution in [3.8, 4) is 11.8 Å². The van der Waals surface area contributed by atoms with Crippen LogP contribution in [0, 0.1) is 18.3 Å². The summed E-state index contributed by atoms with van der Waals surface area (Å²) < 4.78 is 11.0. The SMILES string of the molecule is COc1ccc(C2CC(=O)C3=C(C2)OC(N)=C(C#N)C3c2ccc(C)cc2)cc1. The number of rotatable bonds is 3. The van der Waals surface area contributed by atoms with Gasteiger partial charge in [-0.1, -0.05) is 42.0 Å². The van der Waals surface area contributed by atoms with Gasteiger partial charge < -0.3 is 15.2 Å². The fourth-order valence-corrected chi connectivity index (χ4v) is 4.11. The number of nitriles is 1. The molecule has 0 bridgehead atoms. The maximum absolute atomic E-state index is 13.2. The minimum absolute atomic E-state index is 0.00195. The summed E-state index contributed by atoms with van der Waals surface area (Å²) in [5.74, 6) is 0.952. The van der Waals surface area contributed by atoms with Gasteiger partial charge in [-0.2, -0.15) is 5.26 Å². The standard InChI is InChI=1S/C24H22N2O3/c1-14-3-5-16(6-4-14)22-19(13-25)24(26)29-21-12-17(11-20(27)23(21)22)15-7-9-18(28-2)10-8-15/h3-10,17,22H,11-12,26H2,1-2H3. The van der Waals surface area contributed by atoms with E-state index in [1.54, 1.807) is 7.11 Å². The van der Waals surface area contributed by atoms with Crippen molar-refractivity contribution in [2.24, 2.45) is 5.73 Å². The molecule has 146 valence electrons. The summed E-state index contributed by atoms with van der Waals surface area (Å²) >= 11 is 0. The summed E-state index contributed by atoms with van der Waals surface area (Å²) in [4.78, 5) is 13.2. The lowest BCUT2D eigenvalue weighted by molar-refractivity contribution is -0.117. The molecule has 0 spiro atoms. The van der Waals surface area contributed by atoms with E-state index in [0.29, 0.717) is 29.7 Å². The first-order valence-electron chi connectivity index (χ1n) is 9.56. The summed E-state index contributed by atoms with van der Waals surface area (Å²) in [6.07, 6.45) is 0.935. The lowest BCUT2D eigenvalue weighted by atomic mass is 9.73. The number of hydrogen-bond donors (Lipinski definition) is 1. The van der Waals surface area contributed by atoms with Gasteiger partial charge in [0.05, 0.1) is 13.0 Å². The van der Waals surface area contributed by atoms with Crippen LogP contribution in [-0.4, -0.2) is 12.9 Å². The monoisotopic (exact) mass is 386 g/mol. The average molecular weight is 386 g/mol. The normalized spacial score (nSPS) is 21.3. The van der Waals surface area contributed by atoms with Crippen molar-refractivity contribution in [3.05, 3.63) is 88.0 Å². The van der Waals surface area contributed by atoms with Crippen molar-refractivity contribution in [2.75, 3.05) is 7.11 Å². The van der Waals surface area contributed by atoms with Crippen LogP contribution in [0.25, 0.3) is 0 Å². The Morgan fingerprint density at radius 1 is 1.07 bits per heavy atom. The zero-order valence-corrected chi connectivity index (χ0v) is 16.4. The van der Waals surface area contributed by atoms with Crippen molar-refractivity contribution in [1.29, 1.82) is 5.26 Å². The molecule has 2 aliphatic rings. The Morgan fingerprint density at radius 2 is 1.72 bits per heavy atom. The second-order valence-electron chi connectivity index (χ2n) is 7.47. The number of ketones is 1. The molecule has 0 amide bonds. The summed E-state index contributed by atoms with van der Waals surface area (Å²) in [5, 5.41) is 9.69. The third-order valence-electron chi connectivity index (χ3n) is 5.66. The van der Waals surface area contributed by atoms with E-state index in [0.717, 1.165) is 22.4 Å². The van der Waals surface area contributed by atoms with E-state index in [2.05, 4.69) is 6.07 Å². The van der Waals surface area contributed by atoms with Gasteiger partial charge in [0.15, 0.2) is 5.78 Å². The molecule has 1 aliphatic carbocycles. The topological polar surface area (TPSA) is 85.3 Å². The third-order valence-corrected chi connectivity index (χ3v) is 5.66. The molecule has 0 aromatic heterocycles. The summed E-state index contributed by atoms with van der Waals surface area (Å²) in [5.41, 5.74) is 9.99. The second kappa shape index (κ2) is 7.48. The number of nitrogens with zero attached hydrogens (tertiary/aromatic N) is 1. The Morgan fingerprint density at radius 3 is 2.34 bits per heavy atom. The van der Waals surface area contributed by atoms with E-state index < -0.39 is 5.92 Å². The average Bonchev–Trinajstić information content (AvgIpc) is 2.73. The zero-order valence-electron chi connectivity index (χ0n) is 16.4. The van der Waals surface area contributed by atoms with Gasteiger partial charge in [0.2, 0.25) is 5.88 Å². The quantitative estimate of drug-likeness (QED) is 0.854. The van der Waals surface area contributed by atoms with E-state index in [1.807, 2.05) is 55.5 Å². The number of methoxy groups -OCH3 is 1. The summed E-state index contributed by atoms with van der Waals surface area (Å²) in [6.45, 7) is 2.00. The highest BCUT2D eigenvalue weighted by molar-refractivity contribution is 6.00. The first-order chi connectivity index (χ1) is 14.0. The molecule has 0 saturated heterocycles. The van der Waals surface area contributed by atoms with Crippen LogP contribution in [0.5, 0.6) is 5.75 Å². The molecular weight excluding hydrogens is 364 g/mol. The second-order valence-corrected chi connectivity index (χ2v) is 7.47. The van der Waals surface area contributed by atoms with Crippen LogP contribution in [-0.2, 0) is 9.53 Å². The molecule has 29 heavy (non-hydrogen) atoms. The highest BCUT2D eigenvalue weighted by Gasteiger charge is 2.40. The molecular formula is C24H22N2O3. The van der Waals surface area contributed by atoms with Crippen LogP contribution in [0.1, 0.15) is 41.4 Å². The maximum Gasteiger partial charge on any atom is 0.205 e. The maximum atomic E-state index is 13.2. The Kier molecular flexibility index (Phi) is 4.85. The minimum atomic E-state index is -0.478. The van der Waals surface area contributed by atoms with Crippen molar-refractivity contribution < 1.29 is 14.3 Å². The van der Waals surface area contributed by atoms with Crippen LogP contribution in [0.15, 0.2) is 71.3 Å². The van der Waals surface area contributed by atoms with Gasteiger partial charge >= 0.3 is 0 Å². The molecule has 2 N–H and O–H groups in total. The largest absolute Gasteiger partial charge is 0.497 e. The van der Waals surface area contributed by atoms with Crippen molar-refractivity contribution >= 4 is 5.78 Å². The number of ether oxygens (including phenoxy) is 2. The van der Waals surface area contributed by atoms with Gasteiger partial charge in [0, 0.05) is 18.4 Å². The number of nitrogens with two attached hydrogens (primary N) is 1. The van der Waals surface area contributed by atoms with Crippen LogP contribution in [0.4, 0.5) is 0 Å². The molecule has 0 saturated carbocycles. The molecule has 5 heteroatoms. The van der Waals surface area contributed by atoms with Gasteiger partial charge in [0.25, 0.3) is 0 Å². The van der Waals surface area contributed by atoms with Crippen LogP contribution in [0.2, 0.25) is 0 Å². The Labute approximate surface area is 170 Å². The third kappa shape index (κ3) is 3.38. The molecule has 2 aromatic rings. The molecule has 0 fully saturated rings. The van der Waals surface area contributed by atoms with Gasteiger partial charge in [-0.15, -0.1) is 0 Å². The number of allylic oxidation sites excluding steroid dienone is 3. The first kappa shape index (κ1) is 18.8. The van der Waals surface area contributed by atoms with E-state index in [4.69, 9.17) is 15.2 Å².